The molecule has 1 aliphatic rings. The standard InChI is InChI=1S/C17H18N4O/c22-17(16-12-5-2-1-3-6-15(12)20-21-16)19-14-8-4-7-13-11(14)9-10-18-13/h4,7-10,18H,1-3,5-6H2,(H,19,22)(H,20,21). The number of benzene rings is 1. The molecular formula is C17H18N4O. The lowest BCUT2D eigenvalue weighted by Crippen LogP contribution is -2.14. The third kappa shape index (κ3) is 2.19. The Morgan fingerprint density at radius 3 is 3.00 bits per heavy atom. The minimum absolute atomic E-state index is 0.131. The Balaban J connectivity index is 1.65. The van der Waals surface area contributed by atoms with Crippen LogP contribution in [0, 0.1) is 0 Å². The van der Waals surface area contributed by atoms with Crippen molar-refractivity contribution in [1.82, 2.24) is 15.2 Å². The van der Waals surface area contributed by atoms with Crippen molar-refractivity contribution in [1.29, 1.82) is 0 Å². The van der Waals surface area contributed by atoms with Crippen molar-refractivity contribution < 1.29 is 4.79 Å². The van der Waals surface area contributed by atoms with Crippen molar-refractivity contribution in [3.8, 4) is 0 Å². The van der Waals surface area contributed by atoms with Crippen LogP contribution in [0.15, 0.2) is 30.5 Å². The van der Waals surface area contributed by atoms with Crippen molar-refractivity contribution in [2.24, 2.45) is 0 Å². The summed E-state index contributed by atoms with van der Waals surface area (Å²) in [6, 6.07) is 7.81. The number of carbonyl (C=O) groups is 1. The molecule has 0 atom stereocenters. The van der Waals surface area contributed by atoms with E-state index in [1.54, 1.807) is 0 Å². The van der Waals surface area contributed by atoms with E-state index in [2.05, 4.69) is 20.5 Å². The van der Waals surface area contributed by atoms with Crippen LogP contribution in [0.3, 0.4) is 0 Å². The number of carbonyl (C=O) groups excluding carboxylic acids is 1. The van der Waals surface area contributed by atoms with E-state index in [4.69, 9.17) is 0 Å². The number of hydrogen-bond donors (Lipinski definition) is 3. The number of amides is 1. The van der Waals surface area contributed by atoms with Crippen LogP contribution in [-0.2, 0) is 12.8 Å². The third-order valence-corrected chi connectivity index (χ3v) is 4.36. The highest BCUT2D eigenvalue weighted by Gasteiger charge is 2.21. The zero-order chi connectivity index (χ0) is 14.9. The first-order valence-electron chi connectivity index (χ1n) is 7.76. The van der Waals surface area contributed by atoms with Gasteiger partial charge in [0.15, 0.2) is 5.69 Å². The maximum Gasteiger partial charge on any atom is 0.276 e. The number of aryl methyl sites for hydroxylation is 1. The lowest BCUT2D eigenvalue weighted by Gasteiger charge is -2.06. The Bertz CT molecular complexity index is 830. The van der Waals surface area contributed by atoms with Gasteiger partial charge < -0.3 is 10.3 Å². The highest BCUT2D eigenvalue weighted by atomic mass is 16.1. The molecule has 0 saturated carbocycles. The zero-order valence-electron chi connectivity index (χ0n) is 12.3. The monoisotopic (exact) mass is 294 g/mol. The minimum Gasteiger partial charge on any atom is -0.361 e. The summed E-state index contributed by atoms with van der Waals surface area (Å²) in [6.45, 7) is 0. The number of rotatable bonds is 2. The fraction of sp³-hybridized carbons (Fsp3) is 0.294. The van der Waals surface area contributed by atoms with Crippen LogP contribution in [0.2, 0.25) is 0 Å². The molecule has 2 aromatic heterocycles. The molecule has 5 heteroatoms. The smallest absolute Gasteiger partial charge is 0.276 e. The number of fused-ring (bicyclic) bond motifs is 2. The second-order valence-electron chi connectivity index (χ2n) is 5.79. The molecule has 0 spiro atoms. The second kappa shape index (κ2) is 5.33. The average molecular weight is 294 g/mol. The van der Waals surface area contributed by atoms with Crippen LogP contribution in [0.1, 0.15) is 41.0 Å². The van der Waals surface area contributed by atoms with Crippen molar-refractivity contribution >= 4 is 22.5 Å². The van der Waals surface area contributed by atoms with E-state index >= 15 is 0 Å². The maximum atomic E-state index is 12.6. The summed E-state index contributed by atoms with van der Waals surface area (Å²) in [6.07, 6.45) is 7.30. The summed E-state index contributed by atoms with van der Waals surface area (Å²) >= 11 is 0. The Kier molecular flexibility index (Phi) is 3.18. The molecule has 3 aromatic rings. The van der Waals surface area contributed by atoms with Gasteiger partial charge in [0.25, 0.3) is 5.91 Å². The quantitative estimate of drug-likeness (QED) is 0.634. The van der Waals surface area contributed by atoms with Crippen LogP contribution < -0.4 is 5.32 Å². The molecule has 0 fully saturated rings. The molecule has 2 heterocycles. The number of nitrogens with zero attached hydrogens (tertiary/aromatic N) is 1. The highest BCUT2D eigenvalue weighted by molar-refractivity contribution is 6.08. The van der Waals surface area contributed by atoms with Crippen molar-refractivity contribution in [2.75, 3.05) is 5.32 Å². The third-order valence-electron chi connectivity index (χ3n) is 4.36. The first-order chi connectivity index (χ1) is 10.8. The van der Waals surface area contributed by atoms with Gasteiger partial charge in [-0.3, -0.25) is 9.89 Å². The molecule has 0 unspecified atom stereocenters. The number of anilines is 1. The van der Waals surface area contributed by atoms with Gasteiger partial charge in [0.05, 0.1) is 5.69 Å². The second-order valence-corrected chi connectivity index (χ2v) is 5.79. The van der Waals surface area contributed by atoms with E-state index in [9.17, 15) is 4.79 Å². The number of aromatic nitrogens is 3. The topological polar surface area (TPSA) is 73.6 Å². The van der Waals surface area contributed by atoms with Gasteiger partial charge in [0.2, 0.25) is 0 Å². The van der Waals surface area contributed by atoms with Crippen molar-refractivity contribution in [3.63, 3.8) is 0 Å². The molecule has 4 rings (SSSR count). The summed E-state index contributed by atoms with van der Waals surface area (Å²) in [5.41, 5.74) is 4.59. The van der Waals surface area contributed by atoms with Gasteiger partial charge in [-0.25, -0.2) is 0 Å². The predicted molar refractivity (Wildman–Crippen MR) is 86.1 cm³/mol. The molecule has 0 saturated heterocycles. The van der Waals surface area contributed by atoms with Gasteiger partial charge in [0, 0.05) is 28.4 Å². The van der Waals surface area contributed by atoms with Gasteiger partial charge in [-0.15, -0.1) is 0 Å². The largest absolute Gasteiger partial charge is 0.361 e. The Morgan fingerprint density at radius 1 is 1.14 bits per heavy atom. The average Bonchev–Trinajstić information content (AvgIpc) is 3.09. The molecule has 22 heavy (non-hydrogen) atoms. The number of nitrogens with one attached hydrogen (secondary N) is 3. The summed E-state index contributed by atoms with van der Waals surface area (Å²) in [5, 5.41) is 11.3. The molecule has 0 bridgehead atoms. The molecule has 112 valence electrons. The van der Waals surface area contributed by atoms with Crippen LogP contribution in [0.4, 0.5) is 5.69 Å². The van der Waals surface area contributed by atoms with Crippen LogP contribution in [0.5, 0.6) is 0 Å². The lowest BCUT2D eigenvalue weighted by molar-refractivity contribution is 0.102. The SMILES string of the molecule is O=C(Nc1cccc2[nH]ccc12)c1n[nH]c2c1CCCCC2. The predicted octanol–water partition coefficient (Wildman–Crippen LogP) is 3.41. The molecule has 1 aliphatic carbocycles. The van der Waals surface area contributed by atoms with Crippen LogP contribution in [-0.4, -0.2) is 21.1 Å². The summed E-state index contributed by atoms with van der Waals surface area (Å²) in [4.78, 5) is 15.8. The molecule has 1 aromatic carbocycles. The van der Waals surface area contributed by atoms with Crippen LogP contribution in [0.25, 0.3) is 10.9 Å². The fourth-order valence-corrected chi connectivity index (χ4v) is 3.22. The molecular weight excluding hydrogens is 276 g/mol. The molecule has 0 aliphatic heterocycles. The van der Waals surface area contributed by atoms with E-state index in [0.717, 1.165) is 47.1 Å². The first-order valence-corrected chi connectivity index (χ1v) is 7.76. The number of hydrogen-bond acceptors (Lipinski definition) is 2. The first kappa shape index (κ1) is 13.1. The van der Waals surface area contributed by atoms with E-state index < -0.39 is 0 Å². The maximum absolute atomic E-state index is 12.6. The molecule has 3 N–H and O–H groups in total. The Morgan fingerprint density at radius 2 is 2.05 bits per heavy atom. The lowest BCUT2D eigenvalue weighted by atomic mass is 10.1. The Hall–Kier alpha value is -2.56. The van der Waals surface area contributed by atoms with E-state index in [1.807, 2.05) is 30.5 Å². The van der Waals surface area contributed by atoms with E-state index in [1.165, 1.54) is 12.8 Å². The van der Waals surface area contributed by atoms with E-state index in [-0.39, 0.29) is 5.91 Å². The fourth-order valence-electron chi connectivity index (χ4n) is 3.22. The minimum atomic E-state index is -0.131. The van der Waals surface area contributed by atoms with Gasteiger partial charge in [-0.2, -0.15) is 5.10 Å². The molecule has 5 nitrogen and oxygen atoms in total. The molecule has 0 radical (unpaired) electrons. The van der Waals surface area contributed by atoms with E-state index in [0.29, 0.717) is 5.69 Å². The zero-order valence-corrected chi connectivity index (χ0v) is 12.3. The summed E-state index contributed by atoms with van der Waals surface area (Å²) in [7, 11) is 0. The van der Waals surface area contributed by atoms with Gasteiger partial charge in [0.1, 0.15) is 0 Å². The number of aromatic amines is 2. The highest BCUT2D eigenvalue weighted by Crippen LogP contribution is 2.25. The number of H-pyrrole nitrogens is 2. The van der Waals surface area contributed by atoms with Crippen molar-refractivity contribution in [3.05, 3.63) is 47.4 Å². The van der Waals surface area contributed by atoms with Crippen LogP contribution >= 0.6 is 0 Å². The van der Waals surface area contributed by atoms with Gasteiger partial charge in [-0.05, 0) is 43.9 Å². The molecule has 1 amide bonds. The Labute approximate surface area is 128 Å². The summed E-state index contributed by atoms with van der Waals surface area (Å²) < 4.78 is 0. The summed E-state index contributed by atoms with van der Waals surface area (Å²) in [5.74, 6) is -0.131. The van der Waals surface area contributed by atoms with Gasteiger partial charge in [-0.1, -0.05) is 12.5 Å². The van der Waals surface area contributed by atoms with Gasteiger partial charge >= 0.3 is 0 Å². The van der Waals surface area contributed by atoms with Crippen molar-refractivity contribution in [2.45, 2.75) is 32.1 Å². The normalized spacial score (nSPS) is 14.5.